The fourth-order valence-corrected chi connectivity index (χ4v) is 4.07. The van der Waals surface area contributed by atoms with E-state index in [2.05, 4.69) is 33.1 Å². The van der Waals surface area contributed by atoms with Gasteiger partial charge < -0.3 is 20.4 Å². The molecule has 2 aliphatic rings. The number of halogens is 1. The SMILES string of the molecule is C=CC(=O)N1CCCC(C(=O)NC2CCN(C(=O)Nc3ccc(Br)cc3)CC2)C1. The number of benzene rings is 1. The van der Waals surface area contributed by atoms with Crippen molar-refractivity contribution < 1.29 is 14.4 Å². The number of hydrogen-bond acceptors (Lipinski definition) is 3. The minimum Gasteiger partial charge on any atom is -0.353 e. The fourth-order valence-electron chi connectivity index (χ4n) is 3.80. The molecule has 1 aromatic carbocycles. The summed E-state index contributed by atoms with van der Waals surface area (Å²) >= 11 is 3.38. The van der Waals surface area contributed by atoms with Crippen LogP contribution in [0.15, 0.2) is 41.4 Å². The van der Waals surface area contributed by atoms with Crippen molar-refractivity contribution in [2.45, 2.75) is 31.7 Å². The van der Waals surface area contributed by atoms with Gasteiger partial charge >= 0.3 is 6.03 Å². The molecule has 1 aromatic rings. The zero-order valence-electron chi connectivity index (χ0n) is 16.4. The highest BCUT2D eigenvalue weighted by molar-refractivity contribution is 9.10. The van der Waals surface area contributed by atoms with Crippen LogP contribution in [-0.2, 0) is 9.59 Å². The smallest absolute Gasteiger partial charge is 0.321 e. The maximum absolute atomic E-state index is 12.6. The molecule has 2 heterocycles. The first-order chi connectivity index (χ1) is 14.0. The van der Waals surface area contributed by atoms with Crippen molar-refractivity contribution >= 4 is 39.5 Å². The number of carbonyl (C=O) groups is 3. The normalized spacial score (nSPS) is 20.1. The van der Waals surface area contributed by atoms with Crippen molar-refractivity contribution in [3.63, 3.8) is 0 Å². The van der Waals surface area contributed by atoms with Crippen molar-refractivity contribution in [2.75, 3.05) is 31.5 Å². The molecule has 156 valence electrons. The summed E-state index contributed by atoms with van der Waals surface area (Å²) in [7, 11) is 0. The number of carbonyl (C=O) groups excluding carboxylic acids is 3. The third-order valence-electron chi connectivity index (χ3n) is 5.50. The van der Waals surface area contributed by atoms with E-state index in [1.807, 2.05) is 24.3 Å². The number of hydrogen-bond donors (Lipinski definition) is 2. The quantitative estimate of drug-likeness (QED) is 0.674. The maximum atomic E-state index is 12.6. The highest BCUT2D eigenvalue weighted by Gasteiger charge is 2.30. The van der Waals surface area contributed by atoms with Crippen molar-refractivity contribution in [3.8, 4) is 0 Å². The van der Waals surface area contributed by atoms with Crippen LogP contribution in [0.5, 0.6) is 0 Å². The first-order valence-electron chi connectivity index (χ1n) is 9.99. The summed E-state index contributed by atoms with van der Waals surface area (Å²) in [6.07, 6.45) is 4.37. The van der Waals surface area contributed by atoms with Gasteiger partial charge in [-0.05, 0) is 56.0 Å². The van der Waals surface area contributed by atoms with E-state index in [1.54, 1.807) is 9.80 Å². The molecule has 0 spiro atoms. The van der Waals surface area contributed by atoms with E-state index in [0.717, 1.165) is 35.8 Å². The Bertz CT molecular complexity index is 760. The maximum Gasteiger partial charge on any atom is 0.321 e. The lowest BCUT2D eigenvalue weighted by molar-refractivity contribution is -0.132. The van der Waals surface area contributed by atoms with Crippen LogP contribution in [0.3, 0.4) is 0 Å². The monoisotopic (exact) mass is 462 g/mol. The summed E-state index contributed by atoms with van der Waals surface area (Å²) in [6.45, 7) is 5.84. The van der Waals surface area contributed by atoms with Crippen LogP contribution in [0.25, 0.3) is 0 Å². The largest absolute Gasteiger partial charge is 0.353 e. The van der Waals surface area contributed by atoms with Gasteiger partial charge in [0.2, 0.25) is 11.8 Å². The summed E-state index contributed by atoms with van der Waals surface area (Å²) in [5, 5.41) is 6.02. The molecule has 2 saturated heterocycles. The van der Waals surface area contributed by atoms with E-state index in [-0.39, 0.29) is 29.8 Å². The van der Waals surface area contributed by atoms with Gasteiger partial charge in [-0.25, -0.2) is 4.79 Å². The molecular weight excluding hydrogens is 436 g/mol. The summed E-state index contributed by atoms with van der Waals surface area (Å²) in [5.74, 6) is -0.289. The number of urea groups is 1. The molecule has 2 fully saturated rings. The molecule has 29 heavy (non-hydrogen) atoms. The molecule has 7 nitrogen and oxygen atoms in total. The number of anilines is 1. The lowest BCUT2D eigenvalue weighted by Crippen LogP contribution is -2.51. The van der Waals surface area contributed by atoms with E-state index in [0.29, 0.717) is 26.2 Å². The average Bonchev–Trinajstić information content (AvgIpc) is 2.75. The Balaban J connectivity index is 1.43. The standard InChI is InChI=1S/C21H27BrN4O3/c1-2-19(27)26-11-3-4-15(14-26)20(28)23-18-9-12-25(13-10-18)21(29)24-17-7-5-16(22)6-8-17/h2,5-8,15,18H,1,3-4,9-14H2,(H,23,28)(H,24,29). The van der Waals surface area contributed by atoms with Crippen LogP contribution in [0, 0.1) is 5.92 Å². The summed E-state index contributed by atoms with van der Waals surface area (Å²) in [4.78, 5) is 40.3. The van der Waals surface area contributed by atoms with Crippen LogP contribution in [0.4, 0.5) is 10.5 Å². The minimum absolute atomic E-state index is 0.00401. The van der Waals surface area contributed by atoms with E-state index in [1.165, 1.54) is 6.08 Å². The van der Waals surface area contributed by atoms with Gasteiger partial charge in [0.15, 0.2) is 0 Å². The summed E-state index contributed by atoms with van der Waals surface area (Å²) < 4.78 is 0.960. The lowest BCUT2D eigenvalue weighted by Gasteiger charge is -2.35. The molecule has 4 amide bonds. The second-order valence-corrected chi connectivity index (χ2v) is 8.45. The van der Waals surface area contributed by atoms with Gasteiger partial charge in [0.1, 0.15) is 0 Å². The van der Waals surface area contributed by atoms with Crippen LogP contribution in [0.1, 0.15) is 25.7 Å². The highest BCUT2D eigenvalue weighted by atomic mass is 79.9. The number of likely N-dealkylation sites (tertiary alicyclic amines) is 2. The first-order valence-corrected chi connectivity index (χ1v) is 10.8. The number of nitrogens with one attached hydrogen (secondary N) is 2. The molecule has 0 aliphatic carbocycles. The first kappa shape index (κ1) is 21.4. The average molecular weight is 463 g/mol. The van der Waals surface area contributed by atoms with Gasteiger partial charge in [-0.1, -0.05) is 22.5 Å². The van der Waals surface area contributed by atoms with E-state index >= 15 is 0 Å². The number of amides is 4. The Morgan fingerprint density at radius 3 is 2.38 bits per heavy atom. The van der Waals surface area contributed by atoms with Crippen molar-refractivity contribution in [2.24, 2.45) is 5.92 Å². The number of rotatable bonds is 4. The molecule has 1 unspecified atom stereocenters. The topological polar surface area (TPSA) is 81.8 Å². The fraction of sp³-hybridized carbons (Fsp3) is 0.476. The predicted octanol–water partition coefficient (Wildman–Crippen LogP) is 2.99. The van der Waals surface area contributed by atoms with Gasteiger partial charge in [0.05, 0.1) is 5.92 Å². The van der Waals surface area contributed by atoms with Gasteiger partial charge in [-0.3, -0.25) is 9.59 Å². The molecular formula is C21H27BrN4O3. The summed E-state index contributed by atoms with van der Waals surface area (Å²) in [6, 6.07) is 7.39. The molecule has 8 heteroatoms. The second-order valence-electron chi connectivity index (χ2n) is 7.53. The van der Waals surface area contributed by atoms with E-state index < -0.39 is 0 Å². The van der Waals surface area contributed by atoms with Crippen molar-refractivity contribution in [1.29, 1.82) is 0 Å². The molecule has 0 radical (unpaired) electrons. The molecule has 2 N–H and O–H groups in total. The molecule has 0 bridgehead atoms. The highest BCUT2D eigenvalue weighted by Crippen LogP contribution is 2.19. The number of piperidine rings is 2. The van der Waals surface area contributed by atoms with E-state index in [4.69, 9.17) is 0 Å². The number of nitrogens with zero attached hydrogens (tertiary/aromatic N) is 2. The van der Waals surface area contributed by atoms with Crippen LogP contribution in [-0.4, -0.2) is 59.9 Å². The molecule has 1 atom stereocenters. The van der Waals surface area contributed by atoms with E-state index in [9.17, 15) is 14.4 Å². The Hall–Kier alpha value is -2.35. The lowest BCUT2D eigenvalue weighted by atomic mass is 9.95. The minimum atomic E-state index is -0.175. The Labute approximate surface area is 179 Å². The Morgan fingerprint density at radius 2 is 1.72 bits per heavy atom. The summed E-state index contributed by atoms with van der Waals surface area (Å²) in [5.41, 5.74) is 0.754. The zero-order chi connectivity index (χ0) is 20.8. The Kier molecular flexibility index (Phi) is 7.30. The second kappa shape index (κ2) is 9.91. The Morgan fingerprint density at radius 1 is 1.03 bits per heavy atom. The zero-order valence-corrected chi connectivity index (χ0v) is 18.0. The van der Waals surface area contributed by atoms with Gasteiger partial charge in [-0.2, -0.15) is 0 Å². The third kappa shape index (κ3) is 5.82. The third-order valence-corrected chi connectivity index (χ3v) is 6.03. The van der Waals surface area contributed by atoms with Crippen LogP contribution >= 0.6 is 15.9 Å². The van der Waals surface area contributed by atoms with Gasteiger partial charge in [0.25, 0.3) is 0 Å². The molecule has 2 aliphatic heterocycles. The van der Waals surface area contributed by atoms with Gasteiger partial charge in [0, 0.05) is 42.4 Å². The van der Waals surface area contributed by atoms with Crippen LogP contribution < -0.4 is 10.6 Å². The van der Waals surface area contributed by atoms with Crippen molar-refractivity contribution in [3.05, 3.63) is 41.4 Å². The predicted molar refractivity (Wildman–Crippen MR) is 115 cm³/mol. The van der Waals surface area contributed by atoms with Gasteiger partial charge in [-0.15, -0.1) is 0 Å². The molecule has 0 aromatic heterocycles. The molecule has 0 saturated carbocycles. The van der Waals surface area contributed by atoms with Crippen LogP contribution in [0.2, 0.25) is 0 Å². The molecule has 3 rings (SSSR count). The van der Waals surface area contributed by atoms with Crippen molar-refractivity contribution in [1.82, 2.24) is 15.1 Å².